The van der Waals surface area contributed by atoms with E-state index in [9.17, 15) is 5.11 Å². The quantitative estimate of drug-likeness (QED) is 0.855. The lowest BCUT2D eigenvalue weighted by molar-refractivity contribution is -0.0286. The van der Waals surface area contributed by atoms with Gasteiger partial charge in [0, 0.05) is 5.02 Å². The minimum atomic E-state index is -0.632. The molecule has 0 aromatic heterocycles. The van der Waals surface area contributed by atoms with Crippen molar-refractivity contribution in [1.82, 2.24) is 0 Å². The molecule has 1 fully saturated rings. The molecule has 0 radical (unpaired) electrons. The minimum Gasteiger partial charge on any atom is -0.495 e. The highest BCUT2D eigenvalue weighted by atomic mass is 35.5. The van der Waals surface area contributed by atoms with Gasteiger partial charge < -0.3 is 15.2 Å². The molecule has 2 N–H and O–H groups in total. The monoisotopic (exact) mass is 241 g/mol. The molecule has 2 atom stereocenters. The number of ether oxygens (including phenoxy) is 1. The van der Waals surface area contributed by atoms with Crippen molar-refractivity contribution in [2.45, 2.75) is 31.4 Å². The highest BCUT2D eigenvalue weighted by molar-refractivity contribution is 6.30. The Morgan fingerprint density at radius 1 is 1.56 bits per heavy atom. The predicted molar refractivity (Wildman–Crippen MR) is 65.3 cm³/mol. The molecular weight excluding hydrogens is 226 g/mol. The van der Waals surface area contributed by atoms with Gasteiger partial charge in [-0.05, 0) is 38.0 Å². The van der Waals surface area contributed by atoms with E-state index >= 15 is 0 Å². The average Bonchev–Trinajstić information content (AvgIpc) is 2.25. The lowest BCUT2D eigenvalue weighted by Gasteiger charge is -2.43. The van der Waals surface area contributed by atoms with E-state index in [2.05, 4.69) is 5.32 Å². The van der Waals surface area contributed by atoms with Crippen molar-refractivity contribution in [2.75, 3.05) is 12.4 Å². The topological polar surface area (TPSA) is 41.5 Å². The highest BCUT2D eigenvalue weighted by Crippen LogP contribution is 2.37. The third-order valence-corrected chi connectivity index (χ3v) is 3.42. The normalized spacial score (nSPS) is 28.4. The van der Waals surface area contributed by atoms with Crippen molar-refractivity contribution >= 4 is 17.3 Å². The van der Waals surface area contributed by atoms with Crippen molar-refractivity contribution in [3.8, 4) is 5.75 Å². The van der Waals surface area contributed by atoms with Gasteiger partial charge in [0.1, 0.15) is 5.75 Å². The number of anilines is 1. The van der Waals surface area contributed by atoms with Gasteiger partial charge in [-0.3, -0.25) is 0 Å². The fourth-order valence-electron chi connectivity index (χ4n) is 1.91. The van der Waals surface area contributed by atoms with Crippen LogP contribution in [0.2, 0.25) is 5.02 Å². The van der Waals surface area contributed by atoms with E-state index in [0.29, 0.717) is 5.02 Å². The summed E-state index contributed by atoms with van der Waals surface area (Å²) < 4.78 is 5.24. The van der Waals surface area contributed by atoms with Gasteiger partial charge in [-0.1, -0.05) is 11.6 Å². The Hall–Kier alpha value is -0.930. The molecule has 0 aliphatic heterocycles. The molecule has 1 saturated carbocycles. The maximum Gasteiger partial charge on any atom is 0.142 e. The first-order valence-electron chi connectivity index (χ1n) is 5.35. The lowest BCUT2D eigenvalue weighted by Crippen LogP contribution is -2.53. The zero-order valence-corrected chi connectivity index (χ0v) is 10.2. The fourth-order valence-corrected chi connectivity index (χ4v) is 2.09. The lowest BCUT2D eigenvalue weighted by atomic mass is 9.76. The molecule has 0 saturated heterocycles. The first kappa shape index (κ1) is 11.6. The van der Waals surface area contributed by atoms with Gasteiger partial charge in [0.05, 0.1) is 24.4 Å². The van der Waals surface area contributed by atoms with Crippen LogP contribution in [0, 0.1) is 0 Å². The molecule has 4 heteroatoms. The van der Waals surface area contributed by atoms with Crippen molar-refractivity contribution in [1.29, 1.82) is 0 Å². The van der Waals surface area contributed by atoms with E-state index in [1.165, 1.54) is 0 Å². The van der Waals surface area contributed by atoms with Crippen LogP contribution in [0.5, 0.6) is 5.75 Å². The van der Waals surface area contributed by atoms with Crippen LogP contribution >= 0.6 is 11.6 Å². The summed E-state index contributed by atoms with van der Waals surface area (Å²) in [6.45, 7) is 1.84. The summed E-state index contributed by atoms with van der Waals surface area (Å²) >= 11 is 5.93. The van der Waals surface area contributed by atoms with E-state index in [0.717, 1.165) is 24.3 Å². The Morgan fingerprint density at radius 2 is 2.31 bits per heavy atom. The first-order chi connectivity index (χ1) is 7.53. The summed E-state index contributed by atoms with van der Waals surface area (Å²) in [5.74, 6) is 0.743. The maximum absolute atomic E-state index is 9.93. The Bertz CT molecular complexity index is 393. The van der Waals surface area contributed by atoms with Crippen LogP contribution in [0.15, 0.2) is 18.2 Å². The van der Waals surface area contributed by atoms with Crippen LogP contribution in [0.25, 0.3) is 0 Å². The van der Waals surface area contributed by atoms with Crippen LogP contribution < -0.4 is 10.1 Å². The molecule has 0 heterocycles. The summed E-state index contributed by atoms with van der Waals surface area (Å²) in [7, 11) is 1.62. The molecule has 1 aliphatic carbocycles. The average molecular weight is 242 g/mol. The number of nitrogens with one attached hydrogen (secondary N) is 1. The molecule has 1 aliphatic rings. The molecule has 16 heavy (non-hydrogen) atoms. The highest BCUT2D eigenvalue weighted by Gasteiger charge is 2.41. The Kier molecular flexibility index (Phi) is 3.00. The second-order valence-electron chi connectivity index (χ2n) is 4.44. The summed E-state index contributed by atoms with van der Waals surface area (Å²) in [5.41, 5.74) is 0.202. The van der Waals surface area contributed by atoms with Crippen molar-refractivity contribution < 1.29 is 9.84 Å². The van der Waals surface area contributed by atoms with Crippen molar-refractivity contribution in [3.63, 3.8) is 0 Å². The SMILES string of the molecule is COc1ccc(Cl)cc1N[C@H]1CC[C@]1(C)O. The van der Waals surface area contributed by atoms with Gasteiger partial charge in [-0.25, -0.2) is 0 Å². The van der Waals surface area contributed by atoms with E-state index in [1.807, 2.05) is 19.1 Å². The molecule has 0 unspecified atom stereocenters. The van der Waals surface area contributed by atoms with Crippen LogP contribution in [0.4, 0.5) is 5.69 Å². The Morgan fingerprint density at radius 3 is 2.81 bits per heavy atom. The number of benzene rings is 1. The molecule has 1 aromatic rings. The minimum absolute atomic E-state index is 0.0693. The van der Waals surface area contributed by atoms with Crippen LogP contribution in [-0.2, 0) is 0 Å². The van der Waals surface area contributed by atoms with Crippen LogP contribution in [-0.4, -0.2) is 23.9 Å². The summed E-state index contributed by atoms with van der Waals surface area (Å²) in [4.78, 5) is 0. The van der Waals surface area contributed by atoms with Gasteiger partial charge in [-0.2, -0.15) is 0 Å². The fraction of sp³-hybridized carbons (Fsp3) is 0.500. The second kappa shape index (κ2) is 4.15. The molecule has 3 nitrogen and oxygen atoms in total. The number of hydrogen-bond donors (Lipinski definition) is 2. The Labute approximate surface area is 100 Å². The zero-order chi connectivity index (χ0) is 11.8. The van der Waals surface area contributed by atoms with Crippen LogP contribution in [0.1, 0.15) is 19.8 Å². The Balaban J connectivity index is 2.17. The smallest absolute Gasteiger partial charge is 0.142 e. The standard InChI is InChI=1S/C12H16ClNO2/c1-12(15)6-5-11(12)14-9-7-8(13)3-4-10(9)16-2/h3-4,7,11,14-15H,5-6H2,1-2H3/t11-,12-/m0/s1. The third-order valence-electron chi connectivity index (χ3n) is 3.18. The van der Waals surface area contributed by atoms with Crippen molar-refractivity contribution in [2.24, 2.45) is 0 Å². The first-order valence-corrected chi connectivity index (χ1v) is 5.73. The molecular formula is C12H16ClNO2. The number of rotatable bonds is 3. The number of aliphatic hydroxyl groups is 1. The van der Waals surface area contributed by atoms with Gasteiger partial charge >= 0.3 is 0 Å². The van der Waals surface area contributed by atoms with E-state index in [4.69, 9.17) is 16.3 Å². The summed E-state index contributed by atoms with van der Waals surface area (Å²) in [6, 6.07) is 5.48. The van der Waals surface area contributed by atoms with Gasteiger partial charge in [0.15, 0.2) is 0 Å². The number of hydrogen-bond acceptors (Lipinski definition) is 3. The van der Waals surface area contributed by atoms with E-state index < -0.39 is 5.60 Å². The van der Waals surface area contributed by atoms with Crippen molar-refractivity contribution in [3.05, 3.63) is 23.2 Å². The molecule has 2 rings (SSSR count). The summed E-state index contributed by atoms with van der Waals surface area (Å²) in [6.07, 6.45) is 1.79. The van der Waals surface area contributed by atoms with Gasteiger partial charge in [-0.15, -0.1) is 0 Å². The predicted octanol–water partition coefficient (Wildman–Crippen LogP) is 2.67. The molecule has 0 amide bonds. The zero-order valence-electron chi connectivity index (χ0n) is 9.46. The third kappa shape index (κ3) is 2.11. The largest absolute Gasteiger partial charge is 0.495 e. The molecule has 0 bridgehead atoms. The number of halogens is 1. The van der Waals surface area contributed by atoms with Gasteiger partial charge in [0.2, 0.25) is 0 Å². The summed E-state index contributed by atoms with van der Waals surface area (Å²) in [5, 5.41) is 13.9. The molecule has 0 spiro atoms. The van der Waals surface area contributed by atoms with Crippen LogP contribution in [0.3, 0.4) is 0 Å². The van der Waals surface area contributed by atoms with E-state index in [-0.39, 0.29) is 6.04 Å². The molecule has 88 valence electrons. The second-order valence-corrected chi connectivity index (χ2v) is 4.87. The molecule has 1 aromatic carbocycles. The number of methoxy groups -OCH3 is 1. The van der Waals surface area contributed by atoms with E-state index in [1.54, 1.807) is 13.2 Å². The van der Waals surface area contributed by atoms with Gasteiger partial charge in [0.25, 0.3) is 0 Å². The maximum atomic E-state index is 9.93.